The molecular formula is C11H15FN2O4S. The van der Waals surface area contributed by atoms with Crippen LogP contribution in [0.2, 0.25) is 0 Å². The Morgan fingerprint density at radius 1 is 1.47 bits per heavy atom. The van der Waals surface area contributed by atoms with Gasteiger partial charge >= 0.3 is 0 Å². The van der Waals surface area contributed by atoms with Crippen LogP contribution in [0.5, 0.6) is 0 Å². The minimum Gasteiger partial charge on any atom is -0.395 e. The maximum Gasteiger partial charge on any atom is 0.243 e. The van der Waals surface area contributed by atoms with E-state index in [1.165, 1.54) is 19.9 Å². The van der Waals surface area contributed by atoms with E-state index in [0.29, 0.717) is 0 Å². The highest BCUT2D eigenvalue weighted by atomic mass is 32.2. The first-order valence-electron chi connectivity index (χ1n) is 5.46. The summed E-state index contributed by atoms with van der Waals surface area (Å²) in [7, 11) is -4.05. The molecule has 1 atom stereocenters. The lowest BCUT2D eigenvalue weighted by Crippen LogP contribution is -2.35. The molecule has 0 unspecified atom stereocenters. The molecular weight excluding hydrogens is 275 g/mol. The predicted octanol–water partition coefficient (Wildman–Crippen LogP) is 0.443. The molecule has 0 fully saturated rings. The third-order valence-electron chi connectivity index (χ3n) is 2.17. The standard InChI is InChI=1S/C11H15FN2O4S/c1-7(6-15)14-19(17,18)11-4-3-9(5-10(11)12)13-8(2)16/h3-5,7,14-15H,6H2,1-2H3,(H,13,16)/t7-/m1/s1. The van der Waals surface area contributed by atoms with Gasteiger partial charge in [-0.15, -0.1) is 0 Å². The van der Waals surface area contributed by atoms with Crippen LogP contribution in [0.1, 0.15) is 13.8 Å². The molecule has 0 aliphatic rings. The third-order valence-corrected chi connectivity index (χ3v) is 3.79. The van der Waals surface area contributed by atoms with Gasteiger partial charge in [-0.2, -0.15) is 0 Å². The van der Waals surface area contributed by atoms with E-state index in [2.05, 4.69) is 10.0 Å². The van der Waals surface area contributed by atoms with Crippen LogP contribution in [-0.4, -0.2) is 32.1 Å². The molecule has 0 aliphatic heterocycles. The molecule has 0 heterocycles. The van der Waals surface area contributed by atoms with Crippen LogP contribution >= 0.6 is 0 Å². The monoisotopic (exact) mass is 290 g/mol. The van der Waals surface area contributed by atoms with Gasteiger partial charge in [0.1, 0.15) is 10.7 Å². The number of aliphatic hydroxyl groups is 1. The van der Waals surface area contributed by atoms with E-state index in [1.54, 1.807) is 0 Å². The zero-order valence-corrected chi connectivity index (χ0v) is 11.3. The lowest BCUT2D eigenvalue weighted by atomic mass is 10.3. The van der Waals surface area contributed by atoms with Crippen molar-refractivity contribution in [1.82, 2.24) is 4.72 Å². The molecule has 3 N–H and O–H groups in total. The number of benzene rings is 1. The summed E-state index contributed by atoms with van der Waals surface area (Å²) >= 11 is 0. The van der Waals surface area contributed by atoms with Gasteiger partial charge in [-0.1, -0.05) is 0 Å². The largest absolute Gasteiger partial charge is 0.395 e. The SMILES string of the molecule is CC(=O)Nc1ccc(S(=O)(=O)N[C@H](C)CO)c(F)c1. The molecule has 6 nitrogen and oxygen atoms in total. The number of carbonyl (C=O) groups is 1. The lowest BCUT2D eigenvalue weighted by Gasteiger charge is -2.12. The van der Waals surface area contributed by atoms with E-state index in [1.807, 2.05) is 0 Å². The first-order chi connectivity index (χ1) is 8.76. The van der Waals surface area contributed by atoms with E-state index >= 15 is 0 Å². The smallest absolute Gasteiger partial charge is 0.243 e. The van der Waals surface area contributed by atoms with Gasteiger partial charge in [0.25, 0.3) is 0 Å². The van der Waals surface area contributed by atoms with Crippen molar-refractivity contribution in [2.24, 2.45) is 0 Å². The maximum absolute atomic E-state index is 13.7. The van der Waals surface area contributed by atoms with Crippen LogP contribution in [0.15, 0.2) is 23.1 Å². The molecule has 0 aliphatic carbocycles. The number of nitrogens with one attached hydrogen (secondary N) is 2. The quantitative estimate of drug-likeness (QED) is 0.733. The number of rotatable bonds is 5. The Morgan fingerprint density at radius 2 is 2.11 bits per heavy atom. The highest BCUT2D eigenvalue weighted by Gasteiger charge is 2.21. The second-order valence-electron chi connectivity index (χ2n) is 4.03. The molecule has 1 rings (SSSR count). The number of hydrogen-bond donors (Lipinski definition) is 3. The summed E-state index contributed by atoms with van der Waals surface area (Å²) in [6.45, 7) is 2.30. The van der Waals surface area contributed by atoms with Gasteiger partial charge in [-0.3, -0.25) is 4.79 Å². The van der Waals surface area contributed by atoms with E-state index in [0.717, 1.165) is 12.1 Å². The van der Waals surface area contributed by atoms with E-state index < -0.39 is 33.4 Å². The number of amides is 1. The Morgan fingerprint density at radius 3 is 2.58 bits per heavy atom. The van der Waals surface area contributed by atoms with E-state index in [9.17, 15) is 17.6 Å². The lowest BCUT2D eigenvalue weighted by molar-refractivity contribution is -0.114. The molecule has 0 saturated carbocycles. The van der Waals surface area contributed by atoms with Gasteiger partial charge in [0.2, 0.25) is 15.9 Å². The van der Waals surface area contributed by atoms with Gasteiger partial charge < -0.3 is 10.4 Å². The summed E-state index contributed by atoms with van der Waals surface area (Å²) < 4.78 is 39.4. The topological polar surface area (TPSA) is 95.5 Å². The minimum atomic E-state index is -4.05. The minimum absolute atomic E-state index is 0.166. The second-order valence-corrected chi connectivity index (χ2v) is 5.71. The number of sulfonamides is 1. The van der Waals surface area contributed by atoms with Crippen LogP contribution in [0.25, 0.3) is 0 Å². The van der Waals surface area contributed by atoms with Crippen molar-refractivity contribution >= 4 is 21.6 Å². The Hall–Kier alpha value is -1.51. The van der Waals surface area contributed by atoms with Crippen LogP contribution < -0.4 is 10.0 Å². The van der Waals surface area contributed by atoms with Gasteiger partial charge in [-0.25, -0.2) is 17.5 Å². The predicted molar refractivity (Wildman–Crippen MR) is 67.6 cm³/mol. The second kappa shape index (κ2) is 6.09. The van der Waals surface area contributed by atoms with E-state index in [-0.39, 0.29) is 11.6 Å². The molecule has 1 amide bonds. The average molecular weight is 290 g/mol. The first-order valence-corrected chi connectivity index (χ1v) is 6.95. The molecule has 0 aromatic heterocycles. The molecule has 0 spiro atoms. The summed E-state index contributed by atoms with van der Waals surface area (Å²) in [6.07, 6.45) is 0. The number of hydrogen-bond acceptors (Lipinski definition) is 4. The fourth-order valence-corrected chi connectivity index (χ4v) is 2.66. The van der Waals surface area contributed by atoms with E-state index in [4.69, 9.17) is 5.11 Å². The molecule has 0 radical (unpaired) electrons. The number of halogens is 1. The molecule has 0 bridgehead atoms. The normalized spacial score (nSPS) is 13.1. The fraction of sp³-hybridized carbons (Fsp3) is 0.364. The summed E-state index contributed by atoms with van der Waals surface area (Å²) in [5.41, 5.74) is 0.166. The van der Waals surface area contributed by atoms with Crippen LogP contribution in [0.4, 0.5) is 10.1 Å². The van der Waals surface area contributed by atoms with Crippen LogP contribution in [0, 0.1) is 5.82 Å². The zero-order chi connectivity index (χ0) is 14.6. The van der Waals surface area contributed by atoms with Crippen molar-refractivity contribution in [3.05, 3.63) is 24.0 Å². The Labute approximate surface area is 110 Å². The summed E-state index contributed by atoms with van der Waals surface area (Å²) in [4.78, 5) is 10.3. The summed E-state index contributed by atoms with van der Waals surface area (Å²) in [6, 6.07) is 2.52. The molecule has 0 saturated heterocycles. The highest BCUT2D eigenvalue weighted by Crippen LogP contribution is 2.19. The Bertz CT molecular complexity index is 574. The molecule has 19 heavy (non-hydrogen) atoms. The van der Waals surface area contributed by atoms with Crippen molar-refractivity contribution < 1.29 is 22.7 Å². The number of anilines is 1. The highest BCUT2D eigenvalue weighted by molar-refractivity contribution is 7.89. The van der Waals surface area contributed by atoms with Gasteiger partial charge in [0, 0.05) is 18.7 Å². The maximum atomic E-state index is 13.7. The Kier molecular flexibility index (Phi) is 4.98. The van der Waals surface area contributed by atoms with Gasteiger partial charge in [0.05, 0.1) is 6.61 Å². The van der Waals surface area contributed by atoms with Crippen molar-refractivity contribution in [2.45, 2.75) is 24.8 Å². The van der Waals surface area contributed by atoms with Crippen molar-refractivity contribution in [2.75, 3.05) is 11.9 Å². The first kappa shape index (κ1) is 15.5. The average Bonchev–Trinajstić information content (AvgIpc) is 2.26. The van der Waals surface area contributed by atoms with Crippen LogP contribution in [-0.2, 0) is 14.8 Å². The Balaban J connectivity index is 3.05. The zero-order valence-electron chi connectivity index (χ0n) is 10.5. The number of aliphatic hydroxyl groups excluding tert-OH is 1. The fourth-order valence-electron chi connectivity index (χ4n) is 1.37. The molecule has 8 heteroatoms. The molecule has 1 aromatic carbocycles. The molecule has 106 valence electrons. The third kappa shape index (κ3) is 4.27. The van der Waals surface area contributed by atoms with Crippen molar-refractivity contribution in [1.29, 1.82) is 0 Å². The van der Waals surface area contributed by atoms with Gasteiger partial charge in [0.15, 0.2) is 0 Å². The van der Waals surface area contributed by atoms with Gasteiger partial charge in [-0.05, 0) is 25.1 Å². The molecule has 1 aromatic rings. The van der Waals surface area contributed by atoms with Crippen LogP contribution in [0.3, 0.4) is 0 Å². The summed E-state index contributed by atoms with van der Waals surface area (Å²) in [5.74, 6) is -1.37. The number of carbonyl (C=O) groups excluding carboxylic acids is 1. The summed E-state index contributed by atoms with van der Waals surface area (Å²) in [5, 5.41) is 11.1. The van der Waals surface area contributed by atoms with Crippen molar-refractivity contribution in [3.8, 4) is 0 Å². The van der Waals surface area contributed by atoms with Crippen molar-refractivity contribution in [3.63, 3.8) is 0 Å².